The summed E-state index contributed by atoms with van der Waals surface area (Å²) in [6.45, 7) is 6.87. The van der Waals surface area contributed by atoms with Gasteiger partial charge in [-0.25, -0.2) is 4.98 Å². The van der Waals surface area contributed by atoms with Crippen LogP contribution in [0.2, 0.25) is 0 Å². The molecule has 0 aliphatic carbocycles. The molecule has 1 unspecified atom stereocenters. The van der Waals surface area contributed by atoms with Crippen molar-refractivity contribution in [2.75, 3.05) is 26.7 Å². The summed E-state index contributed by atoms with van der Waals surface area (Å²) in [4.78, 5) is 10.2. The van der Waals surface area contributed by atoms with Crippen LogP contribution >= 0.6 is 35.3 Å². The maximum atomic E-state index is 5.60. The lowest BCUT2D eigenvalue weighted by Gasteiger charge is -2.14. The minimum absolute atomic E-state index is 0. The minimum atomic E-state index is 0. The minimum Gasteiger partial charge on any atom is -0.376 e. The summed E-state index contributed by atoms with van der Waals surface area (Å²) < 4.78 is 5.60. The van der Waals surface area contributed by atoms with E-state index in [1.807, 2.05) is 0 Å². The average Bonchev–Trinajstić information content (AvgIpc) is 3.12. The molecule has 7 heteroatoms. The molecule has 0 bridgehead atoms. The van der Waals surface area contributed by atoms with E-state index in [0.717, 1.165) is 44.9 Å². The molecule has 5 nitrogen and oxygen atoms in total. The molecule has 0 radical (unpaired) electrons. The predicted octanol–water partition coefficient (Wildman–Crippen LogP) is 2.52. The zero-order valence-electron chi connectivity index (χ0n) is 13.6. The molecular formula is C15H27IN4OS. The number of hydrogen-bond donors (Lipinski definition) is 2. The Morgan fingerprint density at radius 1 is 1.45 bits per heavy atom. The monoisotopic (exact) mass is 438 g/mol. The first kappa shape index (κ1) is 19.6. The van der Waals surface area contributed by atoms with Crippen LogP contribution in [0.3, 0.4) is 0 Å². The fourth-order valence-corrected chi connectivity index (χ4v) is 3.47. The number of ether oxygens (including phenoxy) is 1. The lowest BCUT2D eigenvalue weighted by atomic mass is 10.2. The van der Waals surface area contributed by atoms with Gasteiger partial charge in [0.1, 0.15) is 0 Å². The van der Waals surface area contributed by atoms with E-state index in [4.69, 9.17) is 4.74 Å². The fraction of sp³-hybridized carbons (Fsp3) is 0.733. The average molecular weight is 438 g/mol. The highest BCUT2D eigenvalue weighted by atomic mass is 127. The molecule has 0 amide bonds. The van der Waals surface area contributed by atoms with Crippen molar-refractivity contribution in [3.8, 4) is 0 Å². The molecule has 2 heterocycles. The SMILES string of the molecule is CCc1nc(CCNC(=NC)NCC2CCCO2)sc1C.I. The zero-order valence-corrected chi connectivity index (χ0v) is 16.8. The van der Waals surface area contributed by atoms with Gasteiger partial charge >= 0.3 is 0 Å². The van der Waals surface area contributed by atoms with Gasteiger partial charge in [-0.15, -0.1) is 35.3 Å². The van der Waals surface area contributed by atoms with Gasteiger partial charge in [0.15, 0.2) is 5.96 Å². The number of rotatable bonds is 6. The van der Waals surface area contributed by atoms with E-state index < -0.39 is 0 Å². The standard InChI is InChI=1S/C15H26N4OS.HI/c1-4-13-11(2)21-14(19-13)7-8-17-15(16-3)18-10-12-6-5-9-20-12;/h12H,4-10H2,1-3H3,(H2,16,17,18);1H. The summed E-state index contributed by atoms with van der Waals surface area (Å²) in [7, 11) is 1.80. The number of nitrogens with one attached hydrogen (secondary N) is 2. The summed E-state index contributed by atoms with van der Waals surface area (Å²) >= 11 is 1.80. The van der Waals surface area contributed by atoms with Crippen molar-refractivity contribution in [3.63, 3.8) is 0 Å². The van der Waals surface area contributed by atoms with Gasteiger partial charge in [0, 0.05) is 38.0 Å². The van der Waals surface area contributed by atoms with Gasteiger partial charge in [-0.05, 0) is 26.2 Å². The molecule has 1 aromatic rings. The first-order chi connectivity index (χ1) is 10.2. The van der Waals surface area contributed by atoms with E-state index in [1.54, 1.807) is 18.4 Å². The number of halogens is 1. The molecule has 22 heavy (non-hydrogen) atoms. The van der Waals surface area contributed by atoms with E-state index in [1.165, 1.54) is 22.0 Å². The van der Waals surface area contributed by atoms with E-state index in [9.17, 15) is 0 Å². The second-order valence-corrected chi connectivity index (χ2v) is 6.52. The summed E-state index contributed by atoms with van der Waals surface area (Å²) in [5.74, 6) is 0.842. The topological polar surface area (TPSA) is 58.5 Å². The van der Waals surface area contributed by atoms with Gasteiger partial charge in [0.2, 0.25) is 0 Å². The predicted molar refractivity (Wildman–Crippen MR) is 104 cm³/mol. The molecule has 1 aromatic heterocycles. The number of nitrogens with zero attached hydrogens (tertiary/aromatic N) is 2. The summed E-state index contributed by atoms with van der Waals surface area (Å²) in [6, 6.07) is 0. The Labute approximate surface area is 154 Å². The van der Waals surface area contributed by atoms with Crippen molar-refractivity contribution >= 4 is 41.3 Å². The fourth-order valence-electron chi connectivity index (χ4n) is 2.45. The normalized spacial score (nSPS) is 18.1. The van der Waals surface area contributed by atoms with Gasteiger partial charge in [-0.2, -0.15) is 0 Å². The quantitative estimate of drug-likeness (QED) is 0.407. The van der Waals surface area contributed by atoms with E-state index >= 15 is 0 Å². The van der Waals surface area contributed by atoms with Crippen LogP contribution < -0.4 is 10.6 Å². The van der Waals surface area contributed by atoms with E-state index in [2.05, 4.69) is 34.5 Å². The maximum absolute atomic E-state index is 5.60. The van der Waals surface area contributed by atoms with Crippen LogP contribution in [0.1, 0.15) is 35.3 Å². The van der Waals surface area contributed by atoms with Crippen molar-refractivity contribution in [1.82, 2.24) is 15.6 Å². The van der Waals surface area contributed by atoms with E-state index in [-0.39, 0.29) is 24.0 Å². The molecule has 126 valence electrons. The Hall–Kier alpha value is -0.410. The maximum Gasteiger partial charge on any atom is 0.191 e. The van der Waals surface area contributed by atoms with Crippen LogP contribution in [-0.4, -0.2) is 43.8 Å². The molecule has 2 rings (SSSR count). The Kier molecular flexibility index (Phi) is 9.27. The number of aliphatic imine (C=N–C) groups is 1. The summed E-state index contributed by atoms with van der Waals surface area (Å²) in [5.41, 5.74) is 1.23. The Morgan fingerprint density at radius 2 is 2.27 bits per heavy atom. The van der Waals surface area contributed by atoms with Gasteiger partial charge in [0.25, 0.3) is 0 Å². The molecule has 1 aliphatic heterocycles. The highest BCUT2D eigenvalue weighted by Gasteiger charge is 2.15. The molecule has 0 saturated carbocycles. The molecule has 0 aromatic carbocycles. The van der Waals surface area contributed by atoms with Crippen LogP contribution in [-0.2, 0) is 17.6 Å². The first-order valence-corrected chi connectivity index (χ1v) is 8.55. The Balaban J connectivity index is 0.00000242. The number of guanidine groups is 1. The molecule has 2 N–H and O–H groups in total. The third-order valence-electron chi connectivity index (χ3n) is 3.65. The largest absolute Gasteiger partial charge is 0.376 e. The molecule has 1 saturated heterocycles. The summed E-state index contributed by atoms with van der Waals surface area (Å²) in [6.07, 6.45) is 4.59. The van der Waals surface area contributed by atoms with Crippen LogP contribution in [0, 0.1) is 6.92 Å². The van der Waals surface area contributed by atoms with Crippen LogP contribution in [0.4, 0.5) is 0 Å². The smallest absolute Gasteiger partial charge is 0.191 e. The zero-order chi connectivity index (χ0) is 15.1. The molecule has 0 spiro atoms. The lowest BCUT2D eigenvalue weighted by molar-refractivity contribution is 0.114. The summed E-state index contributed by atoms with van der Waals surface area (Å²) in [5, 5.41) is 7.86. The third-order valence-corrected chi connectivity index (χ3v) is 4.72. The number of hydrogen-bond acceptors (Lipinski definition) is 4. The van der Waals surface area contributed by atoms with Crippen molar-refractivity contribution in [1.29, 1.82) is 0 Å². The van der Waals surface area contributed by atoms with Gasteiger partial charge in [0.05, 0.1) is 16.8 Å². The van der Waals surface area contributed by atoms with Crippen LogP contribution in [0.25, 0.3) is 0 Å². The first-order valence-electron chi connectivity index (χ1n) is 7.74. The highest BCUT2D eigenvalue weighted by Crippen LogP contribution is 2.17. The molecule has 1 aliphatic rings. The van der Waals surface area contributed by atoms with Crippen molar-refractivity contribution < 1.29 is 4.74 Å². The number of aromatic nitrogens is 1. The number of thiazole rings is 1. The van der Waals surface area contributed by atoms with Gasteiger partial charge in [-0.1, -0.05) is 6.92 Å². The third kappa shape index (κ3) is 6.00. The van der Waals surface area contributed by atoms with E-state index in [0.29, 0.717) is 6.10 Å². The van der Waals surface area contributed by atoms with Crippen LogP contribution in [0.15, 0.2) is 4.99 Å². The molecule has 1 fully saturated rings. The van der Waals surface area contributed by atoms with Gasteiger partial charge in [-0.3, -0.25) is 4.99 Å². The lowest BCUT2D eigenvalue weighted by Crippen LogP contribution is -2.41. The van der Waals surface area contributed by atoms with Crippen LogP contribution in [0.5, 0.6) is 0 Å². The second-order valence-electron chi connectivity index (χ2n) is 5.23. The highest BCUT2D eigenvalue weighted by molar-refractivity contribution is 14.0. The Morgan fingerprint density at radius 3 is 2.86 bits per heavy atom. The van der Waals surface area contributed by atoms with Crippen molar-refractivity contribution in [3.05, 3.63) is 15.6 Å². The Bertz CT molecular complexity index is 472. The van der Waals surface area contributed by atoms with Crippen molar-refractivity contribution in [2.24, 2.45) is 4.99 Å². The number of aryl methyl sites for hydroxylation is 2. The van der Waals surface area contributed by atoms with Crippen molar-refractivity contribution in [2.45, 2.75) is 45.6 Å². The van der Waals surface area contributed by atoms with Gasteiger partial charge < -0.3 is 15.4 Å². The second kappa shape index (κ2) is 10.4. The molecular weight excluding hydrogens is 411 g/mol. The molecule has 1 atom stereocenters.